The fourth-order valence-electron chi connectivity index (χ4n) is 1.70. The van der Waals surface area contributed by atoms with Crippen LogP contribution < -0.4 is 4.90 Å². The molecule has 0 aliphatic heterocycles. The zero-order chi connectivity index (χ0) is 13.3. The van der Waals surface area contributed by atoms with Crippen molar-refractivity contribution >= 4 is 29.0 Å². The minimum Gasteiger partial charge on any atom is -0.345 e. The van der Waals surface area contributed by atoms with E-state index in [2.05, 4.69) is 4.98 Å². The number of hydrogen-bond acceptors (Lipinski definition) is 2. The van der Waals surface area contributed by atoms with Crippen LogP contribution in [-0.4, -0.2) is 23.7 Å². The van der Waals surface area contributed by atoms with Gasteiger partial charge in [0.05, 0.1) is 16.6 Å². The van der Waals surface area contributed by atoms with Gasteiger partial charge in [0.2, 0.25) is 0 Å². The third-order valence-electron chi connectivity index (χ3n) is 2.66. The Balaban J connectivity index is 2.25. The van der Waals surface area contributed by atoms with E-state index in [1.165, 1.54) is 17.0 Å². The predicted molar refractivity (Wildman–Crippen MR) is 65.2 cm³/mol. The normalized spacial score (nSPS) is 15.8. The third kappa shape index (κ3) is 3.42. The van der Waals surface area contributed by atoms with Crippen LogP contribution in [0, 0.1) is 0 Å². The topological polar surface area (TPSA) is 16.1 Å². The molecule has 1 heterocycles. The molecule has 2 nitrogen and oxygen atoms in total. The van der Waals surface area contributed by atoms with Crippen LogP contribution in [0.4, 0.5) is 19.0 Å². The molecule has 0 spiro atoms. The van der Waals surface area contributed by atoms with Gasteiger partial charge in [-0.05, 0) is 25.0 Å². The molecule has 0 saturated heterocycles. The van der Waals surface area contributed by atoms with Crippen molar-refractivity contribution in [3.05, 3.63) is 22.8 Å². The van der Waals surface area contributed by atoms with Gasteiger partial charge < -0.3 is 4.90 Å². The number of anilines is 1. The van der Waals surface area contributed by atoms with E-state index >= 15 is 0 Å². The van der Waals surface area contributed by atoms with Gasteiger partial charge in [0, 0.05) is 6.04 Å². The van der Waals surface area contributed by atoms with Gasteiger partial charge in [-0.15, -0.1) is 11.6 Å². The van der Waals surface area contributed by atoms with Crippen LogP contribution in [0.25, 0.3) is 0 Å². The number of aromatic nitrogens is 1. The van der Waals surface area contributed by atoms with Gasteiger partial charge in [0.1, 0.15) is 12.4 Å². The average Bonchev–Trinajstić information content (AvgIpc) is 3.09. The summed E-state index contributed by atoms with van der Waals surface area (Å²) in [5, 5.41) is 0.372. The number of rotatable bonds is 4. The van der Waals surface area contributed by atoms with Crippen LogP contribution in [0.3, 0.4) is 0 Å². The Hall–Kier alpha value is -0.680. The minimum absolute atomic E-state index is 0.0801. The lowest BCUT2D eigenvalue weighted by Crippen LogP contribution is -2.36. The molecule has 7 heteroatoms. The van der Waals surface area contributed by atoms with Crippen LogP contribution in [0.1, 0.15) is 18.5 Å². The van der Waals surface area contributed by atoms with Crippen molar-refractivity contribution < 1.29 is 13.2 Å². The van der Waals surface area contributed by atoms with Crippen LogP contribution >= 0.6 is 23.2 Å². The smallest absolute Gasteiger partial charge is 0.345 e. The van der Waals surface area contributed by atoms with Gasteiger partial charge in [0.15, 0.2) is 0 Å². The summed E-state index contributed by atoms with van der Waals surface area (Å²) in [4.78, 5) is 5.37. The highest BCUT2D eigenvalue weighted by Crippen LogP contribution is 2.34. The molecule has 0 atom stereocenters. The Labute approximate surface area is 113 Å². The molecule has 1 fully saturated rings. The van der Waals surface area contributed by atoms with Gasteiger partial charge >= 0.3 is 6.18 Å². The van der Waals surface area contributed by atoms with Gasteiger partial charge in [-0.25, -0.2) is 4.98 Å². The first-order valence-electron chi connectivity index (χ1n) is 5.45. The summed E-state index contributed by atoms with van der Waals surface area (Å²) >= 11 is 11.5. The zero-order valence-corrected chi connectivity index (χ0v) is 10.9. The van der Waals surface area contributed by atoms with E-state index in [1.54, 1.807) is 0 Å². The molecular weight excluding hydrogens is 288 g/mol. The summed E-state index contributed by atoms with van der Waals surface area (Å²) < 4.78 is 37.6. The molecule has 18 heavy (non-hydrogen) atoms. The van der Waals surface area contributed by atoms with Gasteiger partial charge in [-0.3, -0.25) is 0 Å². The summed E-state index contributed by atoms with van der Waals surface area (Å²) in [6, 6.07) is 2.96. The predicted octanol–water partition coefficient (Wildman–Crippen LogP) is 4.00. The van der Waals surface area contributed by atoms with E-state index in [0.29, 0.717) is 10.7 Å². The Bertz CT molecular complexity index is 433. The Morgan fingerprint density at radius 2 is 2.00 bits per heavy atom. The van der Waals surface area contributed by atoms with Crippen molar-refractivity contribution in [1.29, 1.82) is 0 Å². The molecular formula is C11H11Cl2F3N2. The number of nitrogens with zero attached hydrogens (tertiary/aromatic N) is 2. The molecule has 1 aromatic heterocycles. The van der Waals surface area contributed by atoms with E-state index in [0.717, 1.165) is 12.8 Å². The molecule has 1 aliphatic rings. The van der Waals surface area contributed by atoms with E-state index in [4.69, 9.17) is 23.2 Å². The zero-order valence-electron chi connectivity index (χ0n) is 9.34. The Morgan fingerprint density at radius 1 is 1.33 bits per heavy atom. The van der Waals surface area contributed by atoms with Crippen molar-refractivity contribution in [2.75, 3.05) is 11.4 Å². The van der Waals surface area contributed by atoms with Crippen LogP contribution in [0.5, 0.6) is 0 Å². The lowest BCUT2D eigenvalue weighted by Gasteiger charge is -2.25. The van der Waals surface area contributed by atoms with E-state index in [1.807, 2.05) is 0 Å². The summed E-state index contributed by atoms with van der Waals surface area (Å²) in [5.41, 5.74) is 0.406. The van der Waals surface area contributed by atoms with Crippen molar-refractivity contribution in [3.8, 4) is 0 Å². The molecule has 0 unspecified atom stereocenters. The monoisotopic (exact) mass is 298 g/mol. The summed E-state index contributed by atoms with van der Waals surface area (Å²) in [6.07, 6.45) is -2.72. The largest absolute Gasteiger partial charge is 0.405 e. The molecule has 1 saturated carbocycles. The van der Waals surface area contributed by atoms with Crippen LogP contribution in [-0.2, 0) is 5.88 Å². The van der Waals surface area contributed by atoms with Gasteiger partial charge in [-0.1, -0.05) is 11.6 Å². The van der Waals surface area contributed by atoms with Crippen molar-refractivity contribution in [3.63, 3.8) is 0 Å². The molecule has 0 aromatic carbocycles. The number of alkyl halides is 4. The fourth-order valence-corrected chi connectivity index (χ4v) is 2.15. The highest BCUT2D eigenvalue weighted by molar-refractivity contribution is 6.32. The first-order chi connectivity index (χ1) is 8.40. The van der Waals surface area contributed by atoms with Crippen molar-refractivity contribution in [1.82, 2.24) is 4.98 Å². The highest BCUT2D eigenvalue weighted by Gasteiger charge is 2.38. The van der Waals surface area contributed by atoms with Gasteiger partial charge in [0.25, 0.3) is 0 Å². The first-order valence-corrected chi connectivity index (χ1v) is 6.37. The molecule has 0 radical (unpaired) electrons. The standard InChI is InChI=1S/C11H11Cl2F3N2/c12-5-9-8(13)3-4-10(17-9)18(7-1-2-7)6-11(14,15)16/h3-4,7H,1-2,5-6H2. The maximum absolute atomic E-state index is 12.5. The molecule has 1 aromatic rings. The van der Waals surface area contributed by atoms with E-state index in [-0.39, 0.29) is 17.7 Å². The average molecular weight is 299 g/mol. The summed E-state index contributed by atoms with van der Waals surface area (Å²) in [5.74, 6) is 0.367. The number of hydrogen-bond donors (Lipinski definition) is 0. The van der Waals surface area contributed by atoms with Gasteiger partial charge in [-0.2, -0.15) is 13.2 Å². The fraction of sp³-hybridized carbons (Fsp3) is 0.545. The highest BCUT2D eigenvalue weighted by atomic mass is 35.5. The van der Waals surface area contributed by atoms with Crippen LogP contribution in [0.2, 0.25) is 5.02 Å². The lowest BCUT2D eigenvalue weighted by molar-refractivity contribution is -0.120. The summed E-state index contributed by atoms with van der Waals surface area (Å²) in [7, 11) is 0. The lowest BCUT2D eigenvalue weighted by atomic mass is 10.3. The second kappa shape index (κ2) is 5.13. The summed E-state index contributed by atoms with van der Waals surface area (Å²) in [6.45, 7) is -0.992. The molecule has 1 aliphatic carbocycles. The molecule has 0 amide bonds. The second-order valence-corrected chi connectivity index (χ2v) is 4.88. The third-order valence-corrected chi connectivity index (χ3v) is 3.26. The number of halogens is 5. The second-order valence-electron chi connectivity index (χ2n) is 4.21. The molecule has 0 bridgehead atoms. The Kier molecular flexibility index (Phi) is 3.92. The Morgan fingerprint density at radius 3 is 2.50 bits per heavy atom. The molecule has 2 rings (SSSR count). The maximum Gasteiger partial charge on any atom is 0.405 e. The van der Waals surface area contributed by atoms with E-state index in [9.17, 15) is 13.2 Å². The number of pyridine rings is 1. The quantitative estimate of drug-likeness (QED) is 0.781. The minimum atomic E-state index is -4.25. The molecule has 0 N–H and O–H groups in total. The molecule has 100 valence electrons. The van der Waals surface area contributed by atoms with Crippen LogP contribution in [0.15, 0.2) is 12.1 Å². The SMILES string of the molecule is FC(F)(F)CN(c1ccc(Cl)c(CCl)n1)C1CC1. The first kappa shape index (κ1) is 13.7. The van der Waals surface area contributed by atoms with Crippen molar-refractivity contribution in [2.45, 2.75) is 30.9 Å². The van der Waals surface area contributed by atoms with E-state index < -0.39 is 12.7 Å². The van der Waals surface area contributed by atoms with Crippen molar-refractivity contribution in [2.24, 2.45) is 0 Å². The maximum atomic E-state index is 12.5.